The number of aromatic nitrogens is 5. The number of fused-ring (bicyclic) bond motifs is 1. The van der Waals surface area contributed by atoms with Crippen molar-refractivity contribution in [2.24, 2.45) is 0 Å². The van der Waals surface area contributed by atoms with Gasteiger partial charge in [-0.05, 0) is 37.1 Å². The van der Waals surface area contributed by atoms with E-state index in [1.807, 2.05) is 0 Å². The maximum atomic E-state index is 13.4. The van der Waals surface area contributed by atoms with E-state index in [1.165, 1.54) is 37.5 Å². The summed E-state index contributed by atoms with van der Waals surface area (Å²) in [6.45, 7) is 1.40. The lowest BCUT2D eigenvalue weighted by Gasteiger charge is -2.18. The molecule has 1 fully saturated rings. The third-order valence-corrected chi connectivity index (χ3v) is 8.07. The average molecular weight is 541 g/mol. The second-order valence-electron chi connectivity index (χ2n) is 8.64. The molecule has 14 heteroatoms. The molecule has 4 aromatic heterocycles. The molecule has 0 spiro atoms. The molecule has 0 aromatic carbocycles. The minimum Gasteiger partial charge on any atom is -0.260 e. The first-order valence-corrected chi connectivity index (χ1v) is 12.6. The average Bonchev–Trinajstić information content (AvgIpc) is 3.57. The van der Waals surface area contributed by atoms with Gasteiger partial charge in [-0.15, -0.1) is 5.10 Å². The van der Waals surface area contributed by atoms with Crippen LogP contribution in [0.4, 0.5) is 26.3 Å². The van der Waals surface area contributed by atoms with Crippen LogP contribution >= 0.6 is 0 Å². The summed E-state index contributed by atoms with van der Waals surface area (Å²) in [4.78, 5) is 11.9. The second kappa shape index (κ2) is 8.23. The minimum atomic E-state index is -4.60. The van der Waals surface area contributed by atoms with Crippen LogP contribution in [-0.4, -0.2) is 44.9 Å². The van der Waals surface area contributed by atoms with Gasteiger partial charge in [0.05, 0.1) is 21.9 Å². The van der Waals surface area contributed by atoms with Crippen molar-refractivity contribution in [3.63, 3.8) is 0 Å². The van der Waals surface area contributed by atoms with Crippen molar-refractivity contribution in [2.45, 2.75) is 42.4 Å². The Labute approximate surface area is 206 Å². The third-order valence-electron chi connectivity index (χ3n) is 6.32. The van der Waals surface area contributed by atoms with Gasteiger partial charge in [0.25, 0.3) is 0 Å². The topological polar surface area (TPSA) is 90.1 Å². The SMILES string of the molecule is CCS(=O)(=O)c1cc(-c2ccc(C3(C(F)(F)F)CC3)nc2)cnc1-c1nc2cc(C(F)(F)F)ccn2n1. The van der Waals surface area contributed by atoms with Crippen LogP contribution in [0, 0.1) is 0 Å². The summed E-state index contributed by atoms with van der Waals surface area (Å²) in [6, 6.07) is 5.54. The molecule has 0 N–H and O–H groups in total. The van der Waals surface area contributed by atoms with E-state index in [9.17, 15) is 34.8 Å². The molecule has 194 valence electrons. The molecule has 7 nitrogen and oxygen atoms in total. The molecule has 0 saturated heterocycles. The second-order valence-corrected chi connectivity index (χ2v) is 10.9. The van der Waals surface area contributed by atoms with E-state index >= 15 is 0 Å². The summed E-state index contributed by atoms with van der Waals surface area (Å²) < 4.78 is 106. The summed E-state index contributed by atoms with van der Waals surface area (Å²) in [5.74, 6) is -0.519. The van der Waals surface area contributed by atoms with E-state index in [1.54, 1.807) is 0 Å². The van der Waals surface area contributed by atoms with Crippen molar-refractivity contribution in [3.8, 4) is 22.6 Å². The Hall–Kier alpha value is -3.55. The third kappa shape index (κ3) is 4.32. The number of sulfone groups is 1. The van der Waals surface area contributed by atoms with Gasteiger partial charge in [0, 0.05) is 29.7 Å². The first kappa shape index (κ1) is 25.1. The Kier molecular flexibility index (Phi) is 5.59. The highest BCUT2D eigenvalue weighted by Crippen LogP contribution is 2.58. The van der Waals surface area contributed by atoms with Crippen molar-refractivity contribution in [3.05, 3.63) is 60.2 Å². The molecule has 4 aromatic rings. The van der Waals surface area contributed by atoms with Crippen molar-refractivity contribution in [1.29, 1.82) is 0 Å². The van der Waals surface area contributed by atoms with E-state index in [0.29, 0.717) is 5.56 Å². The first-order valence-electron chi connectivity index (χ1n) is 11.0. The Morgan fingerprint density at radius 3 is 2.24 bits per heavy atom. The van der Waals surface area contributed by atoms with Crippen LogP contribution in [0.15, 0.2) is 53.8 Å². The first-order chi connectivity index (χ1) is 17.2. The fourth-order valence-electron chi connectivity index (χ4n) is 3.98. The van der Waals surface area contributed by atoms with E-state index in [0.717, 1.165) is 22.8 Å². The quantitative estimate of drug-likeness (QED) is 0.320. The Morgan fingerprint density at radius 2 is 1.68 bits per heavy atom. The molecule has 0 unspecified atom stereocenters. The lowest BCUT2D eigenvalue weighted by Crippen LogP contribution is -2.29. The van der Waals surface area contributed by atoms with Gasteiger partial charge in [0.15, 0.2) is 15.5 Å². The zero-order valence-electron chi connectivity index (χ0n) is 19.0. The molecular formula is C23H17F6N5O2S. The van der Waals surface area contributed by atoms with Crippen molar-refractivity contribution < 1.29 is 34.8 Å². The van der Waals surface area contributed by atoms with Gasteiger partial charge >= 0.3 is 12.4 Å². The highest BCUT2D eigenvalue weighted by atomic mass is 32.2. The molecule has 0 radical (unpaired) electrons. The standard InChI is InChI=1S/C23H17F6N5O2S/c1-2-37(35,36)16-9-14(13-3-4-17(30-11-13)21(6-7-21)23(27,28)29)12-31-19(16)20-32-18-10-15(22(24,25)26)5-8-34(18)33-20/h3-5,8-12H,2,6-7H2,1H3. The largest absolute Gasteiger partial charge is 0.416 e. The van der Waals surface area contributed by atoms with Crippen LogP contribution in [0.1, 0.15) is 31.0 Å². The van der Waals surface area contributed by atoms with Gasteiger partial charge in [-0.3, -0.25) is 9.97 Å². The zero-order chi connectivity index (χ0) is 26.8. The van der Waals surface area contributed by atoms with Gasteiger partial charge in [-0.25, -0.2) is 17.9 Å². The van der Waals surface area contributed by atoms with Gasteiger partial charge < -0.3 is 0 Å². The number of hydrogen-bond donors (Lipinski definition) is 0. The number of halogens is 6. The number of pyridine rings is 3. The normalized spacial score (nSPS) is 15.8. The summed E-state index contributed by atoms with van der Waals surface area (Å²) in [5, 5.41) is 4.08. The monoisotopic (exact) mass is 541 g/mol. The van der Waals surface area contributed by atoms with Crippen molar-refractivity contribution in [2.75, 3.05) is 5.75 Å². The van der Waals surface area contributed by atoms with Gasteiger partial charge in [-0.2, -0.15) is 26.3 Å². The maximum absolute atomic E-state index is 13.4. The molecule has 0 bridgehead atoms. The molecule has 1 aliphatic rings. The fourth-order valence-corrected chi connectivity index (χ4v) is 5.03. The predicted octanol–water partition coefficient (Wildman–Crippen LogP) is 5.26. The summed E-state index contributed by atoms with van der Waals surface area (Å²) >= 11 is 0. The number of hydrogen-bond acceptors (Lipinski definition) is 6. The number of nitrogens with zero attached hydrogens (tertiary/aromatic N) is 5. The van der Waals surface area contributed by atoms with Crippen LogP contribution in [0.3, 0.4) is 0 Å². The molecule has 0 atom stereocenters. The molecular weight excluding hydrogens is 524 g/mol. The predicted molar refractivity (Wildman–Crippen MR) is 119 cm³/mol. The van der Waals surface area contributed by atoms with Crippen LogP contribution in [0.5, 0.6) is 0 Å². The van der Waals surface area contributed by atoms with Crippen molar-refractivity contribution >= 4 is 15.5 Å². The lowest BCUT2D eigenvalue weighted by molar-refractivity contribution is -0.161. The molecule has 37 heavy (non-hydrogen) atoms. The Bertz CT molecular complexity index is 1610. The van der Waals surface area contributed by atoms with Gasteiger partial charge in [0.2, 0.25) is 5.82 Å². The van der Waals surface area contributed by atoms with E-state index in [2.05, 4.69) is 20.1 Å². The van der Waals surface area contributed by atoms with Gasteiger partial charge in [-0.1, -0.05) is 13.0 Å². The van der Waals surface area contributed by atoms with Crippen LogP contribution in [0.25, 0.3) is 28.3 Å². The molecule has 0 aliphatic heterocycles. The summed E-state index contributed by atoms with van der Waals surface area (Å²) in [6.07, 6.45) is -5.56. The molecule has 5 rings (SSSR count). The highest BCUT2D eigenvalue weighted by molar-refractivity contribution is 7.91. The lowest BCUT2D eigenvalue weighted by atomic mass is 9.99. The Morgan fingerprint density at radius 1 is 0.973 bits per heavy atom. The highest BCUT2D eigenvalue weighted by Gasteiger charge is 2.65. The van der Waals surface area contributed by atoms with Crippen LogP contribution in [0.2, 0.25) is 0 Å². The molecule has 0 amide bonds. The van der Waals surface area contributed by atoms with Gasteiger partial charge in [0.1, 0.15) is 11.1 Å². The minimum absolute atomic E-state index is 0.0472. The molecule has 1 saturated carbocycles. The summed E-state index contributed by atoms with van der Waals surface area (Å²) in [7, 11) is -3.92. The molecule has 1 aliphatic carbocycles. The van der Waals surface area contributed by atoms with Crippen LogP contribution < -0.4 is 0 Å². The van der Waals surface area contributed by atoms with Crippen molar-refractivity contribution in [1.82, 2.24) is 24.6 Å². The number of alkyl halides is 6. The maximum Gasteiger partial charge on any atom is 0.416 e. The Balaban J connectivity index is 1.57. The number of rotatable bonds is 5. The molecule has 4 heterocycles. The fraction of sp³-hybridized carbons (Fsp3) is 0.304. The van der Waals surface area contributed by atoms with E-state index in [4.69, 9.17) is 0 Å². The smallest absolute Gasteiger partial charge is 0.260 e. The zero-order valence-corrected chi connectivity index (χ0v) is 19.8. The summed E-state index contributed by atoms with van der Waals surface area (Å²) in [5.41, 5.74) is -2.72. The van der Waals surface area contributed by atoms with E-state index in [-0.39, 0.29) is 51.9 Å². The van der Waals surface area contributed by atoms with E-state index < -0.39 is 33.2 Å². The van der Waals surface area contributed by atoms with Crippen LogP contribution in [-0.2, 0) is 21.4 Å².